The third-order valence-corrected chi connectivity index (χ3v) is 8.37. The molecule has 0 amide bonds. The first-order valence-electron chi connectivity index (χ1n) is 16.4. The molecule has 0 aliphatic rings. The highest BCUT2D eigenvalue weighted by atomic mass is 15.2. The lowest BCUT2D eigenvalue weighted by atomic mass is 9.94. The van der Waals surface area contributed by atoms with Gasteiger partial charge >= 0.3 is 0 Å². The molecule has 0 unspecified atom stereocenters. The number of amidine groups is 2. The zero-order valence-corrected chi connectivity index (χ0v) is 29.5. The first-order valence-corrected chi connectivity index (χ1v) is 16.4. The van der Waals surface area contributed by atoms with Crippen molar-refractivity contribution in [2.75, 3.05) is 4.90 Å². The topological polar surface area (TPSA) is 28.0 Å². The molecule has 0 aromatic heterocycles. The summed E-state index contributed by atoms with van der Waals surface area (Å²) in [4.78, 5) is 12.8. The van der Waals surface area contributed by atoms with Crippen molar-refractivity contribution >= 4 is 28.7 Å². The fourth-order valence-electron chi connectivity index (χ4n) is 5.32. The lowest BCUT2D eigenvalue weighted by molar-refractivity contribution is 0.833. The normalized spacial score (nSPS) is 13.0. The van der Waals surface area contributed by atoms with Crippen molar-refractivity contribution in [1.82, 2.24) is 0 Å². The summed E-state index contributed by atoms with van der Waals surface area (Å²) in [5.41, 5.74) is 11.1. The molecule has 0 fully saturated rings. The summed E-state index contributed by atoms with van der Waals surface area (Å²) in [7, 11) is 0. The molecule has 0 N–H and O–H groups in total. The second-order valence-corrected chi connectivity index (χ2v) is 14.2. The van der Waals surface area contributed by atoms with E-state index >= 15 is 0 Å². The van der Waals surface area contributed by atoms with Gasteiger partial charge in [0.1, 0.15) is 11.7 Å². The van der Waals surface area contributed by atoms with Crippen LogP contribution in [-0.4, -0.2) is 11.7 Å². The number of nitrogens with zero attached hydrogens (tertiary/aromatic N) is 3. The molecule has 232 valence electrons. The van der Waals surface area contributed by atoms with Crippen molar-refractivity contribution in [3.8, 4) is 0 Å². The predicted molar refractivity (Wildman–Crippen MR) is 192 cm³/mol. The van der Waals surface area contributed by atoms with Crippen molar-refractivity contribution < 1.29 is 0 Å². The second-order valence-electron chi connectivity index (χ2n) is 14.2. The van der Waals surface area contributed by atoms with Gasteiger partial charge in [-0.3, -0.25) is 4.90 Å². The van der Waals surface area contributed by atoms with Crippen LogP contribution in [0.15, 0.2) is 64.6 Å². The maximum absolute atomic E-state index is 5.29. The van der Waals surface area contributed by atoms with Crippen LogP contribution in [-0.2, 0) is 0 Å². The summed E-state index contributed by atoms with van der Waals surface area (Å²) in [6.45, 7) is 31.4. The van der Waals surface area contributed by atoms with Crippen molar-refractivity contribution in [3.63, 3.8) is 0 Å². The van der Waals surface area contributed by atoms with Gasteiger partial charge in [-0.25, -0.2) is 9.98 Å². The first kappa shape index (κ1) is 34.3. The number of anilines is 1. The molecule has 0 radical (unpaired) electrons. The Bertz CT molecular complexity index is 1290. The van der Waals surface area contributed by atoms with E-state index in [0.29, 0.717) is 35.5 Å². The lowest BCUT2D eigenvalue weighted by Gasteiger charge is -2.27. The highest BCUT2D eigenvalue weighted by Crippen LogP contribution is 2.33. The van der Waals surface area contributed by atoms with Crippen LogP contribution in [0.2, 0.25) is 0 Å². The van der Waals surface area contributed by atoms with Gasteiger partial charge in [0, 0.05) is 5.69 Å². The monoisotopic (exact) mass is 579 g/mol. The number of hydrogen-bond donors (Lipinski definition) is 0. The average molecular weight is 580 g/mol. The standard InChI is InChI=1S/C40H57N3/c1-24(2)32-15-33(25(3)4)19-38(18-32)41-30(13)43(40-22-36(28(9)10)17-37(23-40)29(11)12)31(14)42-39-20-34(26(5)6)16-35(21-39)27(7)8/h15-29H,1-14H3. The van der Waals surface area contributed by atoms with Crippen LogP contribution in [0, 0.1) is 0 Å². The van der Waals surface area contributed by atoms with Gasteiger partial charge in [0.05, 0.1) is 11.4 Å². The fourth-order valence-corrected chi connectivity index (χ4v) is 5.32. The van der Waals surface area contributed by atoms with Gasteiger partial charge < -0.3 is 0 Å². The Morgan fingerprint density at radius 2 is 0.628 bits per heavy atom. The number of hydrogen-bond acceptors (Lipinski definition) is 2. The molecule has 0 aliphatic carbocycles. The first-order chi connectivity index (χ1) is 20.1. The van der Waals surface area contributed by atoms with Crippen LogP contribution >= 0.6 is 0 Å². The highest BCUT2D eigenvalue weighted by molar-refractivity contribution is 6.18. The Labute approximate surface area is 263 Å². The minimum absolute atomic E-state index is 0.418. The molecule has 3 nitrogen and oxygen atoms in total. The van der Waals surface area contributed by atoms with Crippen LogP contribution in [0.4, 0.5) is 17.1 Å². The molecule has 0 atom stereocenters. The van der Waals surface area contributed by atoms with Crippen molar-refractivity contribution in [1.29, 1.82) is 0 Å². The van der Waals surface area contributed by atoms with E-state index in [1.807, 2.05) is 0 Å². The van der Waals surface area contributed by atoms with Crippen LogP contribution in [0.25, 0.3) is 0 Å². The molecule has 0 saturated heterocycles. The molecular formula is C40H57N3. The maximum atomic E-state index is 5.29. The summed E-state index contributed by atoms with van der Waals surface area (Å²) in [5, 5.41) is 0. The Balaban J connectivity index is 2.30. The van der Waals surface area contributed by atoms with Crippen LogP contribution in [0.5, 0.6) is 0 Å². The van der Waals surface area contributed by atoms with Gasteiger partial charge in [0.15, 0.2) is 0 Å². The van der Waals surface area contributed by atoms with E-state index < -0.39 is 0 Å². The molecule has 3 aromatic carbocycles. The summed E-state index contributed by atoms with van der Waals surface area (Å²) in [6.07, 6.45) is 0. The Kier molecular flexibility index (Phi) is 11.6. The van der Waals surface area contributed by atoms with E-state index in [9.17, 15) is 0 Å². The Morgan fingerprint density at radius 3 is 0.860 bits per heavy atom. The molecule has 0 bridgehead atoms. The van der Waals surface area contributed by atoms with Crippen LogP contribution in [0.1, 0.15) is 166 Å². The Hall–Kier alpha value is -3.20. The smallest absolute Gasteiger partial charge is 0.112 e. The lowest BCUT2D eigenvalue weighted by Crippen LogP contribution is -2.33. The van der Waals surface area contributed by atoms with E-state index in [4.69, 9.17) is 9.98 Å². The quantitative estimate of drug-likeness (QED) is 0.183. The van der Waals surface area contributed by atoms with Crippen LogP contribution in [0.3, 0.4) is 0 Å². The van der Waals surface area contributed by atoms with E-state index in [1.54, 1.807) is 0 Å². The molecule has 0 heterocycles. The Morgan fingerprint density at radius 1 is 0.395 bits per heavy atom. The summed E-state index contributed by atoms with van der Waals surface area (Å²) < 4.78 is 0. The molecule has 3 aromatic rings. The zero-order valence-electron chi connectivity index (χ0n) is 29.5. The van der Waals surface area contributed by atoms with Gasteiger partial charge in [-0.1, -0.05) is 101 Å². The second kappa shape index (κ2) is 14.5. The fraction of sp³-hybridized carbons (Fsp3) is 0.500. The van der Waals surface area contributed by atoms with E-state index in [0.717, 1.165) is 28.7 Å². The molecule has 0 saturated carbocycles. The third-order valence-electron chi connectivity index (χ3n) is 8.37. The van der Waals surface area contributed by atoms with Gasteiger partial charge in [0.2, 0.25) is 0 Å². The molecule has 0 aliphatic heterocycles. The summed E-state index contributed by atoms with van der Waals surface area (Å²) in [6, 6.07) is 20.7. The maximum Gasteiger partial charge on any atom is 0.112 e. The van der Waals surface area contributed by atoms with E-state index in [1.165, 1.54) is 33.4 Å². The molecule has 3 rings (SSSR count). The molecule has 0 spiro atoms. The van der Waals surface area contributed by atoms with Gasteiger partial charge in [-0.15, -0.1) is 0 Å². The predicted octanol–water partition coefficient (Wildman–Crippen LogP) is 12.7. The van der Waals surface area contributed by atoms with Crippen molar-refractivity contribution in [3.05, 3.63) is 88.0 Å². The average Bonchev–Trinajstić information content (AvgIpc) is 2.92. The van der Waals surface area contributed by atoms with Gasteiger partial charge in [0.25, 0.3) is 0 Å². The summed E-state index contributed by atoms with van der Waals surface area (Å²) in [5.74, 6) is 4.41. The van der Waals surface area contributed by atoms with E-state index in [-0.39, 0.29) is 0 Å². The highest BCUT2D eigenvalue weighted by Gasteiger charge is 2.19. The van der Waals surface area contributed by atoms with E-state index in [2.05, 4.69) is 156 Å². The minimum atomic E-state index is 0.418. The van der Waals surface area contributed by atoms with Crippen molar-refractivity contribution in [2.24, 2.45) is 9.98 Å². The van der Waals surface area contributed by atoms with Crippen molar-refractivity contribution in [2.45, 2.75) is 132 Å². The number of rotatable bonds is 9. The summed E-state index contributed by atoms with van der Waals surface area (Å²) >= 11 is 0. The molecular weight excluding hydrogens is 522 g/mol. The molecule has 3 heteroatoms. The number of aliphatic imine (C=N–C) groups is 2. The van der Waals surface area contributed by atoms with Gasteiger partial charge in [-0.2, -0.15) is 0 Å². The van der Waals surface area contributed by atoms with Crippen LogP contribution < -0.4 is 4.90 Å². The third kappa shape index (κ3) is 8.91. The number of benzene rings is 3. The van der Waals surface area contributed by atoms with Gasteiger partial charge in [-0.05, 0) is 119 Å². The SMILES string of the molecule is CC(=Nc1cc(C(C)C)cc(C(C)C)c1)N(C(C)=Nc1cc(C(C)C)cc(C(C)C)c1)c1cc(C(C)C)cc(C(C)C)c1. The minimum Gasteiger partial charge on any atom is -0.286 e. The zero-order chi connectivity index (χ0) is 32.2. The largest absolute Gasteiger partial charge is 0.286 e. The molecule has 43 heavy (non-hydrogen) atoms.